The first-order valence-corrected chi connectivity index (χ1v) is 13.4. The quantitative estimate of drug-likeness (QED) is 0.220. The molecule has 0 aliphatic carbocycles. The fourth-order valence-corrected chi connectivity index (χ4v) is 5.14. The lowest BCUT2D eigenvalue weighted by Gasteiger charge is -2.18. The average Bonchev–Trinajstić information content (AvgIpc) is 3.63. The Morgan fingerprint density at radius 1 is 0.875 bits per heavy atom. The van der Waals surface area contributed by atoms with E-state index >= 15 is 0 Å². The summed E-state index contributed by atoms with van der Waals surface area (Å²) in [7, 11) is 0. The van der Waals surface area contributed by atoms with Crippen LogP contribution in [-0.4, -0.2) is 21.1 Å². The number of aromatic nitrogens is 3. The maximum absolute atomic E-state index is 13.7. The van der Waals surface area contributed by atoms with Gasteiger partial charge in [-0.15, -0.1) is 0 Å². The maximum atomic E-state index is 13.7. The summed E-state index contributed by atoms with van der Waals surface area (Å²) in [5.41, 5.74) is 8.73. The fourth-order valence-electron chi connectivity index (χ4n) is 5.14. The number of carbonyl (C=O) groups excluding carboxylic acids is 1. The van der Waals surface area contributed by atoms with Crippen molar-refractivity contribution < 1.29 is 9.21 Å². The van der Waals surface area contributed by atoms with Gasteiger partial charge in [-0.1, -0.05) is 98.8 Å². The van der Waals surface area contributed by atoms with Crippen LogP contribution in [-0.2, 0) is 4.79 Å². The van der Waals surface area contributed by atoms with Crippen LogP contribution in [0, 0.1) is 6.92 Å². The van der Waals surface area contributed by atoms with Gasteiger partial charge in [0.05, 0.1) is 11.5 Å². The third kappa shape index (κ3) is 4.80. The normalized spacial score (nSPS) is 11.4. The largest absolute Gasteiger partial charge is 0.436 e. The Balaban J connectivity index is 1.33. The van der Waals surface area contributed by atoms with E-state index in [9.17, 15) is 4.79 Å². The first-order chi connectivity index (χ1) is 19.5. The second kappa shape index (κ2) is 10.7. The minimum atomic E-state index is -0.440. The Labute approximate surface area is 233 Å². The summed E-state index contributed by atoms with van der Waals surface area (Å²) in [5, 5.41) is 10.6. The van der Waals surface area contributed by atoms with E-state index < -0.39 is 5.92 Å². The van der Waals surface area contributed by atoms with Crippen LogP contribution in [0.3, 0.4) is 0 Å². The number of benzene rings is 4. The van der Waals surface area contributed by atoms with Crippen molar-refractivity contribution in [2.45, 2.75) is 32.6 Å². The second-order valence-electron chi connectivity index (χ2n) is 10.3. The van der Waals surface area contributed by atoms with Gasteiger partial charge in [0.2, 0.25) is 11.8 Å². The molecule has 0 bridgehead atoms. The van der Waals surface area contributed by atoms with E-state index in [1.54, 1.807) is 6.20 Å². The molecular formula is C34H30N4O2. The number of aromatic amines is 1. The lowest BCUT2D eigenvalue weighted by atomic mass is 9.90. The number of nitrogens with zero attached hydrogens (tertiary/aromatic N) is 2. The maximum Gasteiger partial charge on any atom is 0.236 e. The van der Waals surface area contributed by atoms with Crippen LogP contribution in [0.4, 0.5) is 5.69 Å². The smallest absolute Gasteiger partial charge is 0.236 e. The molecule has 0 radical (unpaired) electrons. The SMILES string of the molecule is Cc1ccc(C(C)C)c2oc(-c3c[nH]nc3-c3cccc(NC(=O)C(c4ccccc4)c4ccccc4)c3)nc12. The van der Waals surface area contributed by atoms with Crippen LogP contribution < -0.4 is 5.32 Å². The minimum absolute atomic E-state index is 0.104. The molecule has 0 unspecified atom stereocenters. The molecule has 0 saturated heterocycles. The van der Waals surface area contributed by atoms with E-state index in [2.05, 4.69) is 41.5 Å². The highest BCUT2D eigenvalue weighted by Crippen LogP contribution is 2.36. The number of anilines is 1. The van der Waals surface area contributed by atoms with Crippen LogP contribution in [0.25, 0.3) is 33.8 Å². The van der Waals surface area contributed by atoms with Crippen LogP contribution >= 0.6 is 0 Å². The Morgan fingerprint density at radius 3 is 2.25 bits per heavy atom. The zero-order chi connectivity index (χ0) is 27.6. The van der Waals surface area contributed by atoms with Gasteiger partial charge in [-0.25, -0.2) is 4.98 Å². The Morgan fingerprint density at radius 2 is 1.57 bits per heavy atom. The van der Waals surface area contributed by atoms with Crippen LogP contribution in [0.15, 0.2) is 108 Å². The highest BCUT2D eigenvalue weighted by Gasteiger charge is 2.24. The molecule has 0 saturated carbocycles. The lowest BCUT2D eigenvalue weighted by molar-refractivity contribution is -0.116. The molecule has 40 heavy (non-hydrogen) atoms. The molecule has 0 aliphatic rings. The van der Waals surface area contributed by atoms with Gasteiger partial charge in [-0.2, -0.15) is 5.10 Å². The van der Waals surface area contributed by atoms with Crippen molar-refractivity contribution in [2.24, 2.45) is 0 Å². The van der Waals surface area contributed by atoms with E-state index in [1.807, 2.05) is 91.9 Å². The summed E-state index contributed by atoms with van der Waals surface area (Å²) in [6, 6.07) is 31.5. The first kappa shape index (κ1) is 25.3. The van der Waals surface area contributed by atoms with E-state index in [0.717, 1.165) is 44.5 Å². The van der Waals surface area contributed by atoms with Crippen molar-refractivity contribution in [3.05, 3.63) is 126 Å². The number of nitrogens with one attached hydrogen (secondary N) is 2. The molecule has 2 N–H and O–H groups in total. The predicted molar refractivity (Wildman–Crippen MR) is 159 cm³/mol. The second-order valence-corrected chi connectivity index (χ2v) is 10.3. The molecular weight excluding hydrogens is 496 g/mol. The lowest BCUT2D eigenvalue weighted by Crippen LogP contribution is -2.22. The number of rotatable bonds is 7. The van der Waals surface area contributed by atoms with Gasteiger partial charge in [0, 0.05) is 17.4 Å². The molecule has 0 aliphatic heterocycles. The van der Waals surface area contributed by atoms with E-state index in [-0.39, 0.29) is 5.91 Å². The predicted octanol–water partition coefficient (Wildman–Crippen LogP) is 8.09. The van der Waals surface area contributed by atoms with Crippen molar-refractivity contribution in [2.75, 3.05) is 5.32 Å². The van der Waals surface area contributed by atoms with Crippen LogP contribution in [0.1, 0.15) is 47.9 Å². The van der Waals surface area contributed by atoms with Gasteiger partial charge in [0.25, 0.3) is 0 Å². The van der Waals surface area contributed by atoms with Crippen molar-refractivity contribution in [1.82, 2.24) is 15.2 Å². The Kier molecular flexibility index (Phi) is 6.74. The molecule has 2 aromatic heterocycles. The van der Waals surface area contributed by atoms with E-state index in [4.69, 9.17) is 9.40 Å². The highest BCUT2D eigenvalue weighted by atomic mass is 16.3. The van der Waals surface area contributed by atoms with Crippen LogP contribution in [0.2, 0.25) is 0 Å². The molecule has 4 aromatic carbocycles. The molecule has 1 amide bonds. The van der Waals surface area contributed by atoms with Crippen molar-refractivity contribution in [3.8, 4) is 22.7 Å². The number of amides is 1. The Bertz CT molecular complexity index is 1750. The monoisotopic (exact) mass is 526 g/mol. The molecule has 0 atom stereocenters. The molecule has 6 heteroatoms. The van der Waals surface area contributed by atoms with Gasteiger partial charge >= 0.3 is 0 Å². The summed E-state index contributed by atoms with van der Waals surface area (Å²) >= 11 is 0. The molecule has 0 spiro atoms. The molecule has 2 heterocycles. The number of oxazole rings is 1. The number of hydrogen-bond donors (Lipinski definition) is 2. The molecule has 198 valence electrons. The van der Waals surface area contributed by atoms with Crippen molar-refractivity contribution >= 4 is 22.7 Å². The Hall–Kier alpha value is -4.97. The third-order valence-corrected chi connectivity index (χ3v) is 7.20. The number of hydrogen-bond acceptors (Lipinski definition) is 4. The zero-order valence-electron chi connectivity index (χ0n) is 22.7. The zero-order valence-corrected chi connectivity index (χ0v) is 22.7. The van der Waals surface area contributed by atoms with Gasteiger partial charge in [0.15, 0.2) is 5.58 Å². The summed E-state index contributed by atoms with van der Waals surface area (Å²) < 4.78 is 6.33. The number of H-pyrrole nitrogens is 1. The molecule has 0 fully saturated rings. The number of carbonyl (C=O) groups is 1. The standard InChI is InChI=1S/C34H30N4O2/c1-21(2)27-18-17-22(3)30-32(27)40-34(37-30)28-20-35-38-31(28)25-15-10-16-26(19-25)36-33(39)29(23-11-6-4-7-12-23)24-13-8-5-9-14-24/h4-21,29H,1-3H3,(H,35,38)(H,36,39). The summed E-state index contributed by atoms with van der Waals surface area (Å²) in [6.45, 7) is 6.34. The molecule has 6 rings (SSSR count). The molecule has 6 aromatic rings. The number of aryl methyl sites for hydroxylation is 1. The summed E-state index contributed by atoms with van der Waals surface area (Å²) in [6.07, 6.45) is 1.80. The van der Waals surface area contributed by atoms with E-state index in [1.165, 1.54) is 0 Å². The topological polar surface area (TPSA) is 83.8 Å². The van der Waals surface area contributed by atoms with Crippen molar-refractivity contribution in [3.63, 3.8) is 0 Å². The van der Waals surface area contributed by atoms with Crippen molar-refractivity contribution in [1.29, 1.82) is 0 Å². The van der Waals surface area contributed by atoms with Gasteiger partial charge in [-0.05, 0) is 47.2 Å². The van der Waals surface area contributed by atoms with Gasteiger partial charge in [0.1, 0.15) is 11.2 Å². The third-order valence-electron chi connectivity index (χ3n) is 7.20. The average molecular weight is 527 g/mol. The summed E-state index contributed by atoms with van der Waals surface area (Å²) in [5.74, 6) is 0.277. The van der Waals surface area contributed by atoms with Gasteiger partial charge < -0.3 is 9.73 Å². The number of fused-ring (bicyclic) bond motifs is 1. The van der Waals surface area contributed by atoms with Gasteiger partial charge in [-0.3, -0.25) is 9.89 Å². The summed E-state index contributed by atoms with van der Waals surface area (Å²) in [4.78, 5) is 18.5. The van der Waals surface area contributed by atoms with Crippen LogP contribution in [0.5, 0.6) is 0 Å². The molecule has 6 nitrogen and oxygen atoms in total. The van der Waals surface area contributed by atoms with E-state index in [0.29, 0.717) is 23.2 Å². The highest BCUT2D eigenvalue weighted by molar-refractivity contribution is 5.98. The minimum Gasteiger partial charge on any atom is -0.436 e. The fraction of sp³-hybridized carbons (Fsp3) is 0.147. The first-order valence-electron chi connectivity index (χ1n) is 13.4.